The molecule has 0 N–H and O–H groups in total. The molecule has 2 nitrogen and oxygen atoms in total. The zero-order chi connectivity index (χ0) is 13.2. The summed E-state index contributed by atoms with van der Waals surface area (Å²) in [5.41, 5.74) is 3.58. The minimum absolute atomic E-state index is 0.259. The number of aryl methyl sites for hydroxylation is 1. The molecule has 0 aliphatic rings. The van der Waals surface area contributed by atoms with E-state index in [0.29, 0.717) is 0 Å². The average molecular weight is 253 g/mol. The van der Waals surface area contributed by atoms with Crippen LogP contribution in [0.15, 0.2) is 59.1 Å². The van der Waals surface area contributed by atoms with Crippen LogP contribution in [0.3, 0.4) is 0 Å². The first-order valence-electron chi connectivity index (χ1n) is 6.03. The molecule has 3 aromatic rings. The van der Waals surface area contributed by atoms with Crippen molar-refractivity contribution in [3.63, 3.8) is 0 Å². The van der Waals surface area contributed by atoms with Gasteiger partial charge in [0.15, 0.2) is 0 Å². The summed E-state index contributed by atoms with van der Waals surface area (Å²) in [6, 6.07) is 16.2. The molecule has 0 aliphatic heterocycles. The Bertz CT molecular complexity index is 687. The van der Waals surface area contributed by atoms with E-state index in [-0.39, 0.29) is 5.82 Å². The number of benzene rings is 2. The molecule has 19 heavy (non-hydrogen) atoms. The molecule has 2 aromatic carbocycles. The summed E-state index contributed by atoms with van der Waals surface area (Å²) >= 11 is 0. The third kappa shape index (κ3) is 2.15. The largest absolute Gasteiger partial charge is 0.360 e. The second kappa shape index (κ2) is 4.69. The van der Waals surface area contributed by atoms with Gasteiger partial charge in [-0.05, 0) is 36.8 Å². The van der Waals surface area contributed by atoms with Gasteiger partial charge in [0.2, 0.25) is 0 Å². The van der Waals surface area contributed by atoms with Crippen LogP contribution in [0.25, 0.3) is 22.4 Å². The third-order valence-corrected chi connectivity index (χ3v) is 3.04. The van der Waals surface area contributed by atoms with Crippen LogP contribution in [0.5, 0.6) is 0 Å². The Kier molecular flexibility index (Phi) is 2.88. The number of nitrogens with zero attached hydrogens (tertiary/aromatic N) is 1. The van der Waals surface area contributed by atoms with Crippen molar-refractivity contribution in [2.75, 3.05) is 0 Å². The molecule has 0 fully saturated rings. The van der Waals surface area contributed by atoms with Crippen LogP contribution in [-0.4, -0.2) is 5.16 Å². The van der Waals surface area contributed by atoms with Gasteiger partial charge in [-0.25, -0.2) is 4.39 Å². The molecule has 0 spiro atoms. The standard InChI is InChI=1S/C16H12FNO/c1-11-15(12-5-3-2-4-6-12)16(18-19-11)13-7-9-14(17)10-8-13/h2-10H,1H3. The van der Waals surface area contributed by atoms with Gasteiger partial charge in [0.25, 0.3) is 0 Å². The van der Waals surface area contributed by atoms with Crippen molar-refractivity contribution in [2.24, 2.45) is 0 Å². The molecule has 0 aliphatic carbocycles. The molecule has 1 heterocycles. The monoisotopic (exact) mass is 253 g/mol. The van der Waals surface area contributed by atoms with Gasteiger partial charge in [-0.15, -0.1) is 0 Å². The highest BCUT2D eigenvalue weighted by Crippen LogP contribution is 2.33. The Labute approximate surface area is 110 Å². The molecule has 0 bridgehead atoms. The van der Waals surface area contributed by atoms with E-state index in [1.165, 1.54) is 12.1 Å². The summed E-state index contributed by atoms with van der Waals surface area (Å²) in [5, 5.41) is 4.09. The molecule has 0 radical (unpaired) electrons. The van der Waals surface area contributed by atoms with Crippen molar-refractivity contribution in [3.8, 4) is 22.4 Å². The summed E-state index contributed by atoms with van der Waals surface area (Å²) in [5.74, 6) is 0.496. The molecule has 0 saturated heterocycles. The van der Waals surface area contributed by atoms with E-state index in [0.717, 1.165) is 28.1 Å². The summed E-state index contributed by atoms with van der Waals surface area (Å²) in [4.78, 5) is 0. The van der Waals surface area contributed by atoms with Gasteiger partial charge in [0.05, 0.1) is 5.56 Å². The van der Waals surface area contributed by atoms with Gasteiger partial charge in [-0.2, -0.15) is 0 Å². The lowest BCUT2D eigenvalue weighted by molar-refractivity contribution is 0.400. The van der Waals surface area contributed by atoms with Crippen molar-refractivity contribution in [3.05, 3.63) is 66.2 Å². The van der Waals surface area contributed by atoms with E-state index in [9.17, 15) is 4.39 Å². The topological polar surface area (TPSA) is 26.0 Å². The number of rotatable bonds is 2. The summed E-state index contributed by atoms with van der Waals surface area (Å²) in [6.07, 6.45) is 0. The summed E-state index contributed by atoms with van der Waals surface area (Å²) < 4.78 is 18.3. The van der Waals surface area contributed by atoms with Crippen LogP contribution in [-0.2, 0) is 0 Å². The van der Waals surface area contributed by atoms with Gasteiger partial charge in [0, 0.05) is 5.56 Å². The minimum atomic E-state index is -0.259. The summed E-state index contributed by atoms with van der Waals surface area (Å²) in [6.45, 7) is 1.88. The van der Waals surface area contributed by atoms with Crippen LogP contribution in [0.1, 0.15) is 5.76 Å². The Morgan fingerprint density at radius 2 is 1.58 bits per heavy atom. The van der Waals surface area contributed by atoms with E-state index in [2.05, 4.69) is 5.16 Å². The predicted molar refractivity (Wildman–Crippen MR) is 72.1 cm³/mol. The molecule has 0 saturated carbocycles. The highest BCUT2D eigenvalue weighted by atomic mass is 19.1. The normalized spacial score (nSPS) is 10.6. The van der Waals surface area contributed by atoms with Gasteiger partial charge in [0.1, 0.15) is 17.3 Å². The maximum atomic E-state index is 13.0. The maximum absolute atomic E-state index is 13.0. The fourth-order valence-corrected chi connectivity index (χ4v) is 2.12. The van der Waals surface area contributed by atoms with Crippen LogP contribution >= 0.6 is 0 Å². The van der Waals surface area contributed by atoms with Gasteiger partial charge >= 0.3 is 0 Å². The smallest absolute Gasteiger partial charge is 0.142 e. The maximum Gasteiger partial charge on any atom is 0.142 e. The number of hydrogen-bond donors (Lipinski definition) is 0. The Morgan fingerprint density at radius 1 is 0.895 bits per heavy atom. The van der Waals surface area contributed by atoms with E-state index < -0.39 is 0 Å². The van der Waals surface area contributed by atoms with Crippen molar-refractivity contribution in [1.29, 1.82) is 0 Å². The van der Waals surface area contributed by atoms with Crippen LogP contribution < -0.4 is 0 Å². The lowest BCUT2D eigenvalue weighted by Crippen LogP contribution is -1.84. The fraction of sp³-hybridized carbons (Fsp3) is 0.0625. The molecular weight excluding hydrogens is 241 g/mol. The number of hydrogen-bond acceptors (Lipinski definition) is 2. The van der Waals surface area contributed by atoms with E-state index in [4.69, 9.17) is 4.52 Å². The molecule has 94 valence electrons. The zero-order valence-electron chi connectivity index (χ0n) is 10.4. The highest BCUT2D eigenvalue weighted by molar-refractivity contribution is 5.81. The molecule has 1 aromatic heterocycles. The average Bonchev–Trinajstić information content (AvgIpc) is 2.82. The fourth-order valence-electron chi connectivity index (χ4n) is 2.12. The number of halogens is 1. The molecule has 3 rings (SSSR count). The SMILES string of the molecule is Cc1onc(-c2ccc(F)cc2)c1-c1ccccc1. The van der Waals surface area contributed by atoms with Gasteiger partial charge in [-0.1, -0.05) is 35.5 Å². The second-order valence-corrected chi connectivity index (χ2v) is 4.34. The summed E-state index contributed by atoms with van der Waals surface area (Å²) in [7, 11) is 0. The molecule has 0 amide bonds. The van der Waals surface area contributed by atoms with E-state index >= 15 is 0 Å². The van der Waals surface area contributed by atoms with Gasteiger partial charge in [-0.3, -0.25) is 0 Å². The Balaban J connectivity index is 2.16. The van der Waals surface area contributed by atoms with Crippen LogP contribution in [0, 0.1) is 12.7 Å². The van der Waals surface area contributed by atoms with Crippen molar-refractivity contribution < 1.29 is 8.91 Å². The highest BCUT2D eigenvalue weighted by Gasteiger charge is 2.16. The van der Waals surface area contributed by atoms with Crippen LogP contribution in [0.2, 0.25) is 0 Å². The first-order chi connectivity index (χ1) is 9.25. The van der Waals surface area contributed by atoms with E-state index in [1.54, 1.807) is 12.1 Å². The Hall–Kier alpha value is -2.42. The van der Waals surface area contributed by atoms with Gasteiger partial charge < -0.3 is 4.52 Å². The minimum Gasteiger partial charge on any atom is -0.360 e. The van der Waals surface area contributed by atoms with Crippen molar-refractivity contribution >= 4 is 0 Å². The molecule has 0 atom stereocenters. The van der Waals surface area contributed by atoms with Crippen LogP contribution in [0.4, 0.5) is 4.39 Å². The second-order valence-electron chi connectivity index (χ2n) is 4.34. The molecule has 3 heteroatoms. The first kappa shape index (κ1) is 11.7. The molecular formula is C16H12FNO. The van der Waals surface area contributed by atoms with E-state index in [1.807, 2.05) is 37.3 Å². The lowest BCUT2D eigenvalue weighted by atomic mass is 10.00. The third-order valence-electron chi connectivity index (χ3n) is 3.04. The first-order valence-corrected chi connectivity index (χ1v) is 6.03. The molecule has 0 unspecified atom stereocenters. The van der Waals surface area contributed by atoms with Crippen molar-refractivity contribution in [2.45, 2.75) is 6.92 Å². The lowest BCUT2D eigenvalue weighted by Gasteiger charge is -2.02. The van der Waals surface area contributed by atoms with Crippen molar-refractivity contribution in [1.82, 2.24) is 5.16 Å². The Morgan fingerprint density at radius 3 is 2.26 bits per heavy atom. The quantitative estimate of drug-likeness (QED) is 0.674. The zero-order valence-corrected chi connectivity index (χ0v) is 10.4. The predicted octanol–water partition coefficient (Wildman–Crippen LogP) is 4.46. The number of aromatic nitrogens is 1.